The first-order chi connectivity index (χ1) is 6.97. The van der Waals surface area contributed by atoms with Crippen LogP contribution in [0.1, 0.15) is 41.0 Å². The van der Waals surface area contributed by atoms with Gasteiger partial charge in [0.05, 0.1) is 0 Å². The van der Waals surface area contributed by atoms with E-state index < -0.39 is 15.7 Å². The average molecular weight is 252 g/mol. The monoisotopic (exact) mass is 252 g/mol. The molecule has 0 aliphatic heterocycles. The van der Waals surface area contributed by atoms with E-state index in [1.807, 2.05) is 13.8 Å². The zero-order valence-corrected chi connectivity index (χ0v) is 11.6. The van der Waals surface area contributed by atoms with Gasteiger partial charge in [-0.2, -0.15) is 13.1 Å². The molecule has 0 saturated heterocycles. The van der Waals surface area contributed by atoms with Crippen LogP contribution in [0.2, 0.25) is 0 Å². The highest BCUT2D eigenvalue weighted by Crippen LogP contribution is 2.18. The third-order valence-electron chi connectivity index (χ3n) is 1.97. The molecular formula is C10H24N2O3S. The van der Waals surface area contributed by atoms with Gasteiger partial charge in [-0.25, -0.2) is 4.72 Å². The van der Waals surface area contributed by atoms with E-state index in [2.05, 4.69) is 9.44 Å². The number of hydrogen-bond acceptors (Lipinski definition) is 3. The summed E-state index contributed by atoms with van der Waals surface area (Å²) >= 11 is 0. The molecule has 0 aromatic heterocycles. The molecular weight excluding hydrogens is 228 g/mol. The molecule has 0 fully saturated rings. The Morgan fingerprint density at radius 2 is 1.62 bits per heavy atom. The number of aliphatic hydroxyl groups excluding tert-OH is 1. The summed E-state index contributed by atoms with van der Waals surface area (Å²) in [5.41, 5.74) is -0.742. The van der Waals surface area contributed by atoms with Crippen molar-refractivity contribution in [3.63, 3.8) is 0 Å². The van der Waals surface area contributed by atoms with Crippen LogP contribution in [0.25, 0.3) is 0 Å². The molecule has 0 aliphatic rings. The fourth-order valence-corrected chi connectivity index (χ4v) is 2.58. The fourth-order valence-electron chi connectivity index (χ4n) is 1.12. The lowest BCUT2D eigenvalue weighted by molar-refractivity contribution is 0.213. The van der Waals surface area contributed by atoms with Crippen molar-refractivity contribution in [1.82, 2.24) is 9.44 Å². The summed E-state index contributed by atoms with van der Waals surface area (Å²) in [6.45, 7) is 9.52. The van der Waals surface area contributed by atoms with E-state index in [1.165, 1.54) is 0 Å². The van der Waals surface area contributed by atoms with Gasteiger partial charge in [0.1, 0.15) is 0 Å². The SMILES string of the molecule is CC(C)(CCO)CNS(=O)(=O)NC(C)(C)C. The summed E-state index contributed by atoms with van der Waals surface area (Å²) in [5.74, 6) is 0. The Bertz CT molecular complexity index is 305. The Morgan fingerprint density at radius 1 is 1.12 bits per heavy atom. The lowest BCUT2D eigenvalue weighted by Crippen LogP contribution is -2.48. The lowest BCUT2D eigenvalue weighted by Gasteiger charge is -2.26. The van der Waals surface area contributed by atoms with Gasteiger partial charge in [-0.05, 0) is 32.6 Å². The molecule has 0 atom stereocenters. The minimum atomic E-state index is -3.47. The Hall–Kier alpha value is -0.170. The molecule has 0 bridgehead atoms. The van der Waals surface area contributed by atoms with Crippen LogP contribution in [0.3, 0.4) is 0 Å². The molecule has 5 nitrogen and oxygen atoms in total. The summed E-state index contributed by atoms with van der Waals surface area (Å²) < 4.78 is 28.2. The Morgan fingerprint density at radius 3 is 2.00 bits per heavy atom. The maximum atomic E-state index is 11.6. The van der Waals surface area contributed by atoms with Crippen molar-refractivity contribution in [3.8, 4) is 0 Å². The highest BCUT2D eigenvalue weighted by molar-refractivity contribution is 7.87. The van der Waals surface area contributed by atoms with Gasteiger partial charge >= 0.3 is 0 Å². The molecule has 6 heteroatoms. The van der Waals surface area contributed by atoms with Crippen molar-refractivity contribution >= 4 is 10.2 Å². The second-order valence-corrected chi connectivity index (χ2v) is 7.31. The molecule has 98 valence electrons. The third kappa shape index (κ3) is 8.04. The van der Waals surface area contributed by atoms with Crippen LogP contribution in [-0.4, -0.2) is 32.2 Å². The van der Waals surface area contributed by atoms with E-state index in [9.17, 15) is 8.42 Å². The predicted molar refractivity (Wildman–Crippen MR) is 65.3 cm³/mol. The molecule has 0 amide bonds. The smallest absolute Gasteiger partial charge is 0.277 e. The van der Waals surface area contributed by atoms with Gasteiger partial charge in [-0.1, -0.05) is 13.8 Å². The van der Waals surface area contributed by atoms with Gasteiger partial charge in [0.2, 0.25) is 0 Å². The molecule has 0 rings (SSSR count). The third-order valence-corrected chi connectivity index (χ3v) is 3.38. The molecule has 3 N–H and O–H groups in total. The van der Waals surface area contributed by atoms with Gasteiger partial charge in [0.15, 0.2) is 0 Å². The van der Waals surface area contributed by atoms with Crippen LogP contribution in [0.5, 0.6) is 0 Å². The van der Waals surface area contributed by atoms with Crippen molar-refractivity contribution in [2.75, 3.05) is 13.2 Å². The maximum absolute atomic E-state index is 11.6. The summed E-state index contributed by atoms with van der Waals surface area (Å²) in [4.78, 5) is 0. The largest absolute Gasteiger partial charge is 0.396 e. The highest BCUT2D eigenvalue weighted by Gasteiger charge is 2.23. The zero-order valence-electron chi connectivity index (χ0n) is 10.8. The first-order valence-corrected chi connectivity index (χ1v) is 6.85. The second kappa shape index (κ2) is 5.44. The lowest BCUT2D eigenvalue weighted by atomic mass is 9.90. The molecule has 16 heavy (non-hydrogen) atoms. The number of hydrogen-bond donors (Lipinski definition) is 3. The van der Waals surface area contributed by atoms with Gasteiger partial charge in [-0.3, -0.25) is 0 Å². The van der Waals surface area contributed by atoms with Gasteiger partial charge in [0, 0.05) is 18.7 Å². The van der Waals surface area contributed by atoms with E-state index >= 15 is 0 Å². The zero-order chi connectivity index (χ0) is 13.0. The predicted octanol–water partition coefficient (Wildman–Crippen LogP) is 0.618. The molecule has 0 saturated carbocycles. The van der Waals surface area contributed by atoms with Crippen LogP contribution < -0.4 is 9.44 Å². The second-order valence-electron chi connectivity index (χ2n) is 5.81. The quantitative estimate of drug-likeness (QED) is 0.648. The maximum Gasteiger partial charge on any atom is 0.277 e. The first-order valence-electron chi connectivity index (χ1n) is 5.37. The summed E-state index contributed by atoms with van der Waals surface area (Å²) in [6, 6.07) is 0. The van der Waals surface area contributed by atoms with Crippen molar-refractivity contribution in [1.29, 1.82) is 0 Å². The minimum Gasteiger partial charge on any atom is -0.396 e. The summed E-state index contributed by atoms with van der Waals surface area (Å²) in [5, 5.41) is 8.82. The van der Waals surface area contributed by atoms with E-state index in [0.717, 1.165) is 0 Å². The molecule has 0 aromatic carbocycles. The molecule has 0 heterocycles. The Kier molecular flexibility index (Phi) is 5.38. The van der Waals surface area contributed by atoms with Crippen LogP contribution in [0.15, 0.2) is 0 Å². The van der Waals surface area contributed by atoms with Crippen LogP contribution >= 0.6 is 0 Å². The summed E-state index contributed by atoms with van der Waals surface area (Å²) in [6.07, 6.45) is 0.561. The Labute approximate surface area is 98.8 Å². The summed E-state index contributed by atoms with van der Waals surface area (Å²) in [7, 11) is -3.47. The van der Waals surface area contributed by atoms with Crippen molar-refractivity contribution < 1.29 is 13.5 Å². The van der Waals surface area contributed by atoms with E-state index in [4.69, 9.17) is 5.11 Å². The van der Waals surface area contributed by atoms with E-state index in [-0.39, 0.29) is 12.0 Å². The normalized spacial score (nSPS) is 14.1. The van der Waals surface area contributed by atoms with Gasteiger partial charge in [0.25, 0.3) is 10.2 Å². The standard InChI is InChI=1S/C10H24N2O3S/c1-9(2,3)12-16(14,15)11-8-10(4,5)6-7-13/h11-13H,6-8H2,1-5H3. The van der Waals surface area contributed by atoms with Crippen molar-refractivity contribution in [2.45, 2.75) is 46.6 Å². The van der Waals surface area contributed by atoms with Crippen LogP contribution in [-0.2, 0) is 10.2 Å². The molecule has 0 aromatic rings. The van der Waals surface area contributed by atoms with Gasteiger partial charge in [-0.15, -0.1) is 0 Å². The molecule has 0 unspecified atom stereocenters. The first kappa shape index (κ1) is 15.8. The topological polar surface area (TPSA) is 78.4 Å². The highest BCUT2D eigenvalue weighted by atomic mass is 32.2. The molecule has 0 aliphatic carbocycles. The van der Waals surface area contributed by atoms with Crippen molar-refractivity contribution in [2.24, 2.45) is 5.41 Å². The van der Waals surface area contributed by atoms with Crippen LogP contribution in [0, 0.1) is 5.41 Å². The average Bonchev–Trinajstić information content (AvgIpc) is 1.97. The van der Waals surface area contributed by atoms with Crippen LogP contribution in [0.4, 0.5) is 0 Å². The van der Waals surface area contributed by atoms with E-state index in [1.54, 1.807) is 20.8 Å². The van der Waals surface area contributed by atoms with Gasteiger partial charge < -0.3 is 5.11 Å². The van der Waals surface area contributed by atoms with Crippen molar-refractivity contribution in [3.05, 3.63) is 0 Å². The van der Waals surface area contributed by atoms with E-state index in [0.29, 0.717) is 13.0 Å². The molecule has 0 radical (unpaired) electrons. The minimum absolute atomic E-state index is 0.0570. The molecule has 0 spiro atoms. The number of aliphatic hydroxyl groups is 1. The number of rotatable bonds is 6. The number of nitrogens with one attached hydrogen (secondary N) is 2. The fraction of sp³-hybridized carbons (Fsp3) is 1.00. The Balaban J connectivity index is 4.30.